The molecule has 72 valence electrons. The summed E-state index contributed by atoms with van der Waals surface area (Å²) in [7, 11) is 0. The number of rotatable bonds is 4. The van der Waals surface area contributed by atoms with E-state index in [-0.39, 0.29) is 13.2 Å². The Hall–Kier alpha value is -1.13. The van der Waals surface area contributed by atoms with Crippen molar-refractivity contribution in [3.63, 3.8) is 0 Å². The molecule has 2 N–H and O–H groups in total. The number of aromatic nitrogens is 1. The van der Waals surface area contributed by atoms with E-state index in [9.17, 15) is 0 Å². The second-order valence-corrected chi connectivity index (χ2v) is 2.76. The maximum absolute atomic E-state index is 8.99. The third-order valence-corrected chi connectivity index (χ3v) is 1.50. The van der Waals surface area contributed by atoms with Crippen LogP contribution in [0.2, 0.25) is 0 Å². The van der Waals surface area contributed by atoms with Gasteiger partial charge in [0.1, 0.15) is 12.7 Å². The first kappa shape index (κ1) is 9.95. The molecule has 0 saturated heterocycles. The fourth-order valence-electron chi connectivity index (χ4n) is 0.833. The quantitative estimate of drug-likeness (QED) is 0.696. The Morgan fingerprint density at radius 2 is 2.31 bits per heavy atom. The zero-order valence-corrected chi connectivity index (χ0v) is 7.47. The molecule has 1 aromatic heterocycles. The molecule has 1 heterocycles. The summed E-state index contributed by atoms with van der Waals surface area (Å²) in [6.07, 6.45) is -0.845. The maximum atomic E-state index is 8.99. The number of aryl methyl sites for hydroxylation is 1. The van der Waals surface area contributed by atoms with Gasteiger partial charge >= 0.3 is 0 Å². The lowest BCUT2D eigenvalue weighted by Gasteiger charge is -2.08. The third kappa shape index (κ3) is 3.40. The van der Waals surface area contributed by atoms with Crippen LogP contribution in [-0.2, 0) is 0 Å². The Morgan fingerprint density at radius 3 is 2.92 bits per heavy atom. The Bertz CT molecular complexity index is 265. The van der Waals surface area contributed by atoms with E-state index in [1.54, 1.807) is 6.07 Å². The largest absolute Gasteiger partial charge is 0.475 e. The molecular weight excluding hydrogens is 170 g/mol. The zero-order chi connectivity index (χ0) is 9.68. The predicted octanol–water partition coefficient (Wildman–Crippen LogP) is 0.122. The van der Waals surface area contributed by atoms with E-state index in [0.29, 0.717) is 5.88 Å². The highest BCUT2D eigenvalue weighted by molar-refractivity contribution is 5.14. The Morgan fingerprint density at radius 1 is 1.54 bits per heavy atom. The summed E-state index contributed by atoms with van der Waals surface area (Å²) < 4.78 is 5.12. The number of nitrogens with zero attached hydrogens (tertiary/aromatic N) is 1. The topological polar surface area (TPSA) is 62.6 Å². The smallest absolute Gasteiger partial charge is 0.213 e. The van der Waals surface area contributed by atoms with E-state index in [2.05, 4.69) is 4.98 Å². The van der Waals surface area contributed by atoms with Gasteiger partial charge in [-0.05, 0) is 13.0 Å². The van der Waals surface area contributed by atoms with Crippen molar-refractivity contribution >= 4 is 0 Å². The summed E-state index contributed by atoms with van der Waals surface area (Å²) in [5.74, 6) is 0.465. The van der Waals surface area contributed by atoms with Crippen molar-refractivity contribution in [1.29, 1.82) is 0 Å². The highest BCUT2D eigenvalue weighted by atomic mass is 16.5. The second kappa shape index (κ2) is 4.79. The van der Waals surface area contributed by atoms with Crippen molar-refractivity contribution in [2.24, 2.45) is 0 Å². The lowest BCUT2D eigenvalue weighted by molar-refractivity contribution is 0.0521. The Kier molecular flexibility index (Phi) is 3.67. The first-order valence-corrected chi connectivity index (χ1v) is 4.07. The van der Waals surface area contributed by atoms with Crippen molar-refractivity contribution in [3.05, 3.63) is 23.9 Å². The number of ether oxygens (including phenoxy) is 1. The van der Waals surface area contributed by atoms with Gasteiger partial charge in [0.05, 0.1) is 6.61 Å². The molecule has 4 nitrogen and oxygen atoms in total. The molecule has 0 unspecified atom stereocenters. The highest BCUT2D eigenvalue weighted by Gasteiger charge is 2.03. The number of hydrogen-bond donors (Lipinski definition) is 2. The van der Waals surface area contributed by atoms with Gasteiger partial charge < -0.3 is 14.9 Å². The molecule has 0 radical (unpaired) electrons. The number of pyridine rings is 1. The van der Waals surface area contributed by atoms with Crippen LogP contribution in [-0.4, -0.2) is 34.5 Å². The van der Waals surface area contributed by atoms with Crippen LogP contribution in [0.1, 0.15) is 5.69 Å². The molecule has 0 aromatic carbocycles. The standard InChI is InChI=1S/C9H13NO3/c1-7-3-2-4-9(10-7)13-6-8(12)5-11/h2-4,8,11-12H,5-6H2,1H3/t8-/m1/s1. The van der Waals surface area contributed by atoms with Crippen LogP contribution >= 0.6 is 0 Å². The van der Waals surface area contributed by atoms with Crippen molar-refractivity contribution in [2.75, 3.05) is 13.2 Å². The minimum atomic E-state index is -0.845. The molecule has 0 fully saturated rings. The molecule has 1 atom stereocenters. The van der Waals surface area contributed by atoms with Gasteiger partial charge in [0, 0.05) is 11.8 Å². The lowest BCUT2D eigenvalue weighted by Crippen LogP contribution is -2.21. The highest BCUT2D eigenvalue weighted by Crippen LogP contribution is 2.06. The monoisotopic (exact) mass is 183 g/mol. The van der Waals surface area contributed by atoms with Crippen LogP contribution in [0.25, 0.3) is 0 Å². The van der Waals surface area contributed by atoms with Crippen LogP contribution in [0.5, 0.6) is 5.88 Å². The summed E-state index contributed by atoms with van der Waals surface area (Å²) in [6, 6.07) is 5.38. The van der Waals surface area contributed by atoms with Gasteiger partial charge in [-0.2, -0.15) is 0 Å². The Balaban J connectivity index is 2.45. The molecule has 0 aliphatic heterocycles. The van der Waals surface area contributed by atoms with Crippen molar-refractivity contribution in [2.45, 2.75) is 13.0 Å². The van der Waals surface area contributed by atoms with E-state index >= 15 is 0 Å². The zero-order valence-electron chi connectivity index (χ0n) is 7.47. The molecule has 13 heavy (non-hydrogen) atoms. The average Bonchev–Trinajstić information content (AvgIpc) is 2.14. The van der Waals surface area contributed by atoms with E-state index in [1.807, 2.05) is 19.1 Å². The van der Waals surface area contributed by atoms with Gasteiger partial charge in [-0.1, -0.05) is 6.07 Å². The van der Waals surface area contributed by atoms with Gasteiger partial charge in [-0.25, -0.2) is 4.98 Å². The molecule has 0 aliphatic rings. The molecule has 4 heteroatoms. The van der Waals surface area contributed by atoms with Gasteiger partial charge in [-0.3, -0.25) is 0 Å². The molecule has 0 aliphatic carbocycles. The minimum absolute atomic E-state index is 0.0625. The first-order chi connectivity index (χ1) is 6.22. The van der Waals surface area contributed by atoms with E-state index in [0.717, 1.165) is 5.69 Å². The summed E-state index contributed by atoms with van der Waals surface area (Å²) in [4.78, 5) is 4.06. The van der Waals surface area contributed by atoms with Crippen LogP contribution in [0, 0.1) is 6.92 Å². The molecule has 1 aromatic rings. The van der Waals surface area contributed by atoms with E-state index in [1.165, 1.54) is 0 Å². The SMILES string of the molecule is Cc1cccc(OC[C@H](O)CO)n1. The summed E-state index contributed by atoms with van der Waals surface area (Å²) in [5.41, 5.74) is 0.857. The fraction of sp³-hybridized carbons (Fsp3) is 0.444. The third-order valence-electron chi connectivity index (χ3n) is 1.50. The number of hydrogen-bond acceptors (Lipinski definition) is 4. The molecule has 0 spiro atoms. The number of aliphatic hydroxyl groups excluding tert-OH is 2. The van der Waals surface area contributed by atoms with E-state index < -0.39 is 6.10 Å². The van der Waals surface area contributed by atoms with Gasteiger partial charge in [0.25, 0.3) is 0 Å². The average molecular weight is 183 g/mol. The first-order valence-electron chi connectivity index (χ1n) is 4.07. The van der Waals surface area contributed by atoms with Gasteiger partial charge in [0.15, 0.2) is 0 Å². The van der Waals surface area contributed by atoms with Crippen LogP contribution in [0.4, 0.5) is 0 Å². The summed E-state index contributed by atoms with van der Waals surface area (Å²) in [5, 5.41) is 17.5. The van der Waals surface area contributed by atoms with Crippen molar-refractivity contribution < 1.29 is 14.9 Å². The Labute approximate surface area is 76.8 Å². The molecular formula is C9H13NO3. The van der Waals surface area contributed by atoms with Crippen LogP contribution in [0.15, 0.2) is 18.2 Å². The molecule has 1 rings (SSSR count). The van der Waals surface area contributed by atoms with Crippen molar-refractivity contribution in [1.82, 2.24) is 4.98 Å². The molecule has 0 bridgehead atoms. The normalized spacial score (nSPS) is 12.5. The molecule has 0 amide bonds. The lowest BCUT2D eigenvalue weighted by atomic mass is 10.4. The van der Waals surface area contributed by atoms with Gasteiger partial charge in [-0.15, -0.1) is 0 Å². The van der Waals surface area contributed by atoms with Gasteiger partial charge in [0.2, 0.25) is 5.88 Å². The number of aliphatic hydroxyl groups is 2. The summed E-state index contributed by atoms with van der Waals surface area (Å²) >= 11 is 0. The minimum Gasteiger partial charge on any atom is -0.475 e. The maximum Gasteiger partial charge on any atom is 0.213 e. The van der Waals surface area contributed by atoms with Crippen LogP contribution < -0.4 is 4.74 Å². The summed E-state index contributed by atoms with van der Waals surface area (Å²) in [6.45, 7) is 1.62. The van der Waals surface area contributed by atoms with Crippen LogP contribution in [0.3, 0.4) is 0 Å². The fourth-order valence-corrected chi connectivity index (χ4v) is 0.833. The van der Waals surface area contributed by atoms with E-state index in [4.69, 9.17) is 14.9 Å². The second-order valence-electron chi connectivity index (χ2n) is 2.76. The molecule has 0 saturated carbocycles. The van der Waals surface area contributed by atoms with Crippen molar-refractivity contribution in [3.8, 4) is 5.88 Å². The predicted molar refractivity (Wildman–Crippen MR) is 47.6 cm³/mol.